The van der Waals surface area contributed by atoms with Crippen LogP contribution in [0, 0.1) is 17.8 Å². The molecule has 0 unspecified atom stereocenters. The van der Waals surface area contributed by atoms with Gasteiger partial charge in [0, 0.05) is 38.2 Å². The SMILES string of the molecule is c1ccc(-c2cc(-c3ccc(C45CC6CC(CC(C6)C4)C5)c(-c4ccccc4-n4c5ccccc5c5ccccc54)c3)nc(-n3c4ccccc4c4ccccc43)n2)cc1. The first-order valence-electron chi connectivity index (χ1n) is 21.8. The molecule has 60 heavy (non-hydrogen) atoms. The summed E-state index contributed by atoms with van der Waals surface area (Å²) in [6.45, 7) is 0. The highest BCUT2D eigenvalue weighted by molar-refractivity contribution is 6.10. The molecule has 4 bridgehead atoms. The molecule has 0 saturated heterocycles. The highest BCUT2D eigenvalue weighted by Crippen LogP contribution is 2.62. The minimum absolute atomic E-state index is 0.186. The summed E-state index contributed by atoms with van der Waals surface area (Å²) in [4.78, 5) is 10.9. The Hall–Kier alpha value is -6.78. The monoisotopic (exact) mass is 772 g/mol. The number of aromatic nitrogens is 4. The molecule has 10 aromatic rings. The fraction of sp³-hybridized carbons (Fsp3) is 0.179. The lowest BCUT2D eigenvalue weighted by Gasteiger charge is -2.57. The average Bonchev–Trinajstić information content (AvgIpc) is 3.82. The van der Waals surface area contributed by atoms with Gasteiger partial charge in [-0.3, -0.25) is 4.57 Å². The maximum atomic E-state index is 5.53. The molecule has 0 N–H and O–H groups in total. The molecule has 0 atom stereocenters. The van der Waals surface area contributed by atoms with Gasteiger partial charge in [-0.25, -0.2) is 9.97 Å². The van der Waals surface area contributed by atoms with E-state index in [-0.39, 0.29) is 5.41 Å². The van der Waals surface area contributed by atoms with Gasteiger partial charge in [0.1, 0.15) is 0 Å². The van der Waals surface area contributed by atoms with Crippen LogP contribution in [0.4, 0.5) is 0 Å². The summed E-state index contributed by atoms with van der Waals surface area (Å²) in [6, 6.07) is 64.4. The lowest BCUT2D eigenvalue weighted by atomic mass is 9.47. The van der Waals surface area contributed by atoms with Crippen LogP contribution in [0.1, 0.15) is 44.1 Å². The number of rotatable bonds is 6. The Morgan fingerprint density at radius 1 is 0.400 bits per heavy atom. The second-order valence-electron chi connectivity index (χ2n) is 18.0. The number of nitrogens with zero attached hydrogens (tertiary/aromatic N) is 4. The van der Waals surface area contributed by atoms with Crippen LogP contribution < -0.4 is 0 Å². The van der Waals surface area contributed by atoms with Crippen molar-refractivity contribution in [2.45, 2.75) is 43.9 Å². The van der Waals surface area contributed by atoms with E-state index in [0.29, 0.717) is 5.95 Å². The zero-order valence-electron chi connectivity index (χ0n) is 33.5. The molecule has 4 aliphatic carbocycles. The molecule has 3 aromatic heterocycles. The molecule has 0 spiro atoms. The summed E-state index contributed by atoms with van der Waals surface area (Å²) in [5.74, 6) is 3.18. The molecule has 0 amide bonds. The lowest BCUT2D eigenvalue weighted by molar-refractivity contribution is -0.00491. The Kier molecular flexibility index (Phi) is 7.46. The molecule has 14 rings (SSSR count). The first kappa shape index (κ1) is 34.1. The van der Waals surface area contributed by atoms with E-state index >= 15 is 0 Å². The Morgan fingerprint density at radius 2 is 0.867 bits per heavy atom. The second-order valence-corrected chi connectivity index (χ2v) is 18.0. The van der Waals surface area contributed by atoms with Gasteiger partial charge in [0.15, 0.2) is 0 Å². The maximum Gasteiger partial charge on any atom is 0.235 e. The van der Waals surface area contributed by atoms with Crippen molar-refractivity contribution in [1.29, 1.82) is 0 Å². The van der Waals surface area contributed by atoms with E-state index < -0.39 is 0 Å². The van der Waals surface area contributed by atoms with Gasteiger partial charge in [-0.1, -0.05) is 133 Å². The van der Waals surface area contributed by atoms with Gasteiger partial charge in [-0.05, 0) is 115 Å². The van der Waals surface area contributed by atoms with Crippen molar-refractivity contribution < 1.29 is 0 Å². The van der Waals surface area contributed by atoms with Crippen LogP contribution in [0.25, 0.3) is 88.9 Å². The van der Waals surface area contributed by atoms with Gasteiger partial charge in [-0.15, -0.1) is 0 Å². The molecule has 7 aromatic carbocycles. The van der Waals surface area contributed by atoms with Gasteiger partial charge in [0.2, 0.25) is 5.95 Å². The van der Waals surface area contributed by atoms with Crippen LogP contribution >= 0.6 is 0 Å². The fourth-order valence-corrected chi connectivity index (χ4v) is 12.5. The highest BCUT2D eigenvalue weighted by atomic mass is 15.2. The van der Waals surface area contributed by atoms with E-state index in [0.717, 1.165) is 51.3 Å². The Balaban J connectivity index is 1.08. The molecule has 4 aliphatic rings. The van der Waals surface area contributed by atoms with Crippen molar-refractivity contribution in [3.8, 4) is 45.3 Å². The molecular weight excluding hydrogens is 729 g/mol. The third-order valence-corrected chi connectivity index (χ3v) is 14.5. The number of fused-ring (bicyclic) bond motifs is 6. The van der Waals surface area contributed by atoms with E-state index in [1.165, 1.54) is 93.5 Å². The number of hydrogen-bond donors (Lipinski definition) is 0. The van der Waals surface area contributed by atoms with Gasteiger partial charge < -0.3 is 4.57 Å². The number of para-hydroxylation sites is 5. The molecule has 288 valence electrons. The summed E-state index contributed by atoms with van der Waals surface area (Å²) < 4.78 is 4.76. The summed E-state index contributed by atoms with van der Waals surface area (Å²) in [6.07, 6.45) is 8.14. The molecule has 4 nitrogen and oxygen atoms in total. The van der Waals surface area contributed by atoms with E-state index in [1.54, 1.807) is 0 Å². The zero-order chi connectivity index (χ0) is 39.4. The molecule has 4 saturated carbocycles. The second kappa shape index (κ2) is 13.1. The maximum absolute atomic E-state index is 5.53. The first-order chi connectivity index (χ1) is 29.7. The third-order valence-electron chi connectivity index (χ3n) is 14.5. The number of benzene rings is 7. The Bertz CT molecular complexity index is 3170. The van der Waals surface area contributed by atoms with Crippen molar-refractivity contribution in [2.75, 3.05) is 0 Å². The van der Waals surface area contributed by atoms with Crippen LogP contribution in [0.5, 0.6) is 0 Å². The average molecular weight is 773 g/mol. The lowest BCUT2D eigenvalue weighted by Crippen LogP contribution is -2.48. The van der Waals surface area contributed by atoms with Crippen LogP contribution in [0.15, 0.2) is 176 Å². The van der Waals surface area contributed by atoms with Gasteiger partial charge in [0.05, 0.1) is 39.1 Å². The van der Waals surface area contributed by atoms with E-state index in [1.807, 2.05) is 0 Å². The van der Waals surface area contributed by atoms with Crippen LogP contribution in [-0.4, -0.2) is 19.1 Å². The van der Waals surface area contributed by atoms with Crippen molar-refractivity contribution >= 4 is 43.6 Å². The van der Waals surface area contributed by atoms with E-state index in [9.17, 15) is 0 Å². The smallest absolute Gasteiger partial charge is 0.235 e. The number of hydrogen-bond acceptors (Lipinski definition) is 2. The highest BCUT2D eigenvalue weighted by Gasteiger charge is 2.52. The van der Waals surface area contributed by atoms with Crippen molar-refractivity contribution in [1.82, 2.24) is 19.1 Å². The minimum atomic E-state index is 0.186. The van der Waals surface area contributed by atoms with Gasteiger partial charge >= 0.3 is 0 Å². The Labute approximate surface area is 349 Å². The normalized spacial score (nSPS) is 20.8. The quantitative estimate of drug-likeness (QED) is 0.169. The minimum Gasteiger partial charge on any atom is -0.309 e. The van der Waals surface area contributed by atoms with Crippen molar-refractivity contribution in [2.24, 2.45) is 17.8 Å². The molecule has 4 fully saturated rings. The van der Waals surface area contributed by atoms with Crippen LogP contribution in [-0.2, 0) is 5.41 Å². The standard InChI is InChI=1S/C56H44N4/c1-2-14-39(15-3-1)48-32-49(58-55(57-48)60-53-24-12-6-18-43(53)44-19-7-13-25-54(44)60)40-26-27-47(56-33-36-28-37(34-56)30-38(29-36)35-56)46(31-40)45-20-8-11-23-52(45)59-50-21-9-4-16-41(50)42-17-5-10-22-51(42)59/h1-27,31-32,36-38H,28-30,33-35H2. The fourth-order valence-electron chi connectivity index (χ4n) is 12.5. The summed E-state index contributed by atoms with van der Waals surface area (Å²) >= 11 is 0. The van der Waals surface area contributed by atoms with Gasteiger partial charge in [-0.2, -0.15) is 0 Å². The molecule has 4 heteroatoms. The summed E-state index contributed by atoms with van der Waals surface area (Å²) in [5.41, 5.74) is 14.2. The largest absolute Gasteiger partial charge is 0.309 e. The van der Waals surface area contributed by atoms with E-state index in [2.05, 4.69) is 185 Å². The predicted molar refractivity (Wildman–Crippen MR) is 247 cm³/mol. The molecular formula is C56H44N4. The van der Waals surface area contributed by atoms with Crippen molar-refractivity contribution in [3.05, 3.63) is 181 Å². The van der Waals surface area contributed by atoms with Crippen molar-refractivity contribution in [3.63, 3.8) is 0 Å². The predicted octanol–water partition coefficient (Wildman–Crippen LogP) is 14.1. The first-order valence-corrected chi connectivity index (χ1v) is 21.8. The molecule has 3 heterocycles. The Morgan fingerprint density at radius 3 is 1.43 bits per heavy atom. The van der Waals surface area contributed by atoms with Crippen LogP contribution in [0.2, 0.25) is 0 Å². The molecule has 0 radical (unpaired) electrons. The van der Waals surface area contributed by atoms with E-state index in [4.69, 9.17) is 9.97 Å². The topological polar surface area (TPSA) is 35.6 Å². The summed E-state index contributed by atoms with van der Waals surface area (Å²) in [5, 5.41) is 4.97. The third kappa shape index (κ3) is 5.16. The zero-order valence-corrected chi connectivity index (χ0v) is 33.5. The molecule has 0 aliphatic heterocycles. The van der Waals surface area contributed by atoms with Crippen LogP contribution in [0.3, 0.4) is 0 Å². The van der Waals surface area contributed by atoms with Gasteiger partial charge in [0.25, 0.3) is 0 Å². The summed E-state index contributed by atoms with van der Waals surface area (Å²) in [7, 11) is 0.